The number of methoxy groups -OCH3 is 1. The minimum atomic E-state index is -3.64. The number of nitrogens with zero attached hydrogens (tertiary/aromatic N) is 2. The molecule has 8 heteroatoms. The number of benzene rings is 1. The van der Waals surface area contributed by atoms with Crippen molar-refractivity contribution in [3.05, 3.63) is 23.8 Å². The van der Waals surface area contributed by atoms with Gasteiger partial charge in [0, 0.05) is 33.7 Å². The Morgan fingerprint density at radius 2 is 1.96 bits per heavy atom. The quantitative estimate of drug-likeness (QED) is 0.814. The second kappa shape index (κ2) is 8.73. The molecule has 2 rings (SSSR count). The molecule has 0 radical (unpaired) electrons. The second-order valence-corrected chi connectivity index (χ2v) is 8.53. The molecule has 1 aliphatic rings. The highest BCUT2D eigenvalue weighted by atomic mass is 32.2. The van der Waals surface area contributed by atoms with Crippen LogP contribution in [0.2, 0.25) is 0 Å². The van der Waals surface area contributed by atoms with Crippen LogP contribution in [-0.2, 0) is 16.4 Å². The Labute approximate surface area is 156 Å². The van der Waals surface area contributed by atoms with E-state index in [1.807, 2.05) is 13.0 Å². The molecule has 1 aromatic carbocycles. The lowest BCUT2D eigenvalue weighted by atomic mass is 9.97. The minimum Gasteiger partial charge on any atom is -0.495 e. The molecule has 26 heavy (non-hydrogen) atoms. The van der Waals surface area contributed by atoms with Crippen LogP contribution < -0.4 is 9.46 Å². The molecule has 0 atom stereocenters. The van der Waals surface area contributed by atoms with Gasteiger partial charge < -0.3 is 14.5 Å². The number of nitrogens with one attached hydrogen (secondary N) is 1. The number of piperidine rings is 1. The molecule has 1 saturated heterocycles. The van der Waals surface area contributed by atoms with E-state index in [0.29, 0.717) is 25.4 Å². The van der Waals surface area contributed by atoms with Crippen LogP contribution in [0.15, 0.2) is 23.1 Å². The topological polar surface area (TPSA) is 79.0 Å². The molecule has 1 fully saturated rings. The van der Waals surface area contributed by atoms with Crippen LogP contribution in [0.3, 0.4) is 0 Å². The summed E-state index contributed by atoms with van der Waals surface area (Å²) in [5, 5.41) is 0. The summed E-state index contributed by atoms with van der Waals surface area (Å²) in [6, 6.07) is 5.23. The van der Waals surface area contributed by atoms with Crippen LogP contribution in [0.1, 0.15) is 25.3 Å². The number of hydrogen-bond acceptors (Lipinski definition) is 4. The van der Waals surface area contributed by atoms with Gasteiger partial charge in [-0.1, -0.05) is 13.0 Å². The summed E-state index contributed by atoms with van der Waals surface area (Å²) in [7, 11) is 1.30. The zero-order valence-corrected chi connectivity index (χ0v) is 16.8. The van der Waals surface area contributed by atoms with Crippen molar-refractivity contribution in [1.29, 1.82) is 0 Å². The number of aryl methyl sites for hydroxylation is 1. The predicted molar refractivity (Wildman–Crippen MR) is 101 cm³/mol. The number of rotatable bonds is 6. The van der Waals surface area contributed by atoms with Crippen molar-refractivity contribution < 1.29 is 17.9 Å². The van der Waals surface area contributed by atoms with Gasteiger partial charge in [-0.25, -0.2) is 17.9 Å². The van der Waals surface area contributed by atoms with Gasteiger partial charge in [0.15, 0.2) is 0 Å². The lowest BCUT2D eigenvalue weighted by Gasteiger charge is -2.33. The van der Waals surface area contributed by atoms with Gasteiger partial charge in [0.2, 0.25) is 10.0 Å². The lowest BCUT2D eigenvalue weighted by Crippen LogP contribution is -2.45. The zero-order chi connectivity index (χ0) is 19.3. The van der Waals surface area contributed by atoms with E-state index in [2.05, 4.69) is 4.72 Å². The summed E-state index contributed by atoms with van der Waals surface area (Å²) in [6.45, 7) is 3.65. The first-order valence-electron chi connectivity index (χ1n) is 8.91. The van der Waals surface area contributed by atoms with Crippen LogP contribution >= 0.6 is 0 Å². The summed E-state index contributed by atoms with van der Waals surface area (Å²) < 4.78 is 33.4. The molecule has 7 nitrogen and oxygen atoms in total. The second-order valence-electron chi connectivity index (χ2n) is 6.80. The molecule has 0 aliphatic carbocycles. The van der Waals surface area contributed by atoms with Crippen molar-refractivity contribution in [3.63, 3.8) is 0 Å². The minimum absolute atomic E-state index is 0.00477. The Balaban J connectivity index is 1.98. The van der Waals surface area contributed by atoms with Crippen molar-refractivity contribution in [2.75, 3.05) is 40.8 Å². The fraction of sp³-hybridized carbons (Fsp3) is 0.611. The van der Waals surface area contributed by atoms with Crippen LogP contribution in [0.4, 0.5) is 4.79 Å². The highest BCUT2D eigenvalue weighted by Crippen LogP contribution is 2.26. The average Bonchev–Trinajstić information content (AvgIpc) is 2.65. The van der Waals surface area contributed by atoms with Crippen LogP contribution in [0.5, 0.6) is 5.75 Å². The third kappa shape index (κ3) is 4.88. The van der Waals surface area contributed by atoms with E-state index < -0.39 is 10.0 Å². The fourth-order valence-corrected chi connectivity index (χ4v) is 4.40. The highest BCUT2D eigenvalue weighted by Gasteiger charge is 2.26. The third-order valence-corrected chi connectivity index (χ3v) is 6.20. The molecule has 0 bridgehead atoms. The Morgan fingerprint density at radius 1 is 1.31 bits per heavy atom. The van der Waals surface area contributed by atoms with E-state index in [4.69, 9.17) is 4.74 Å². The Kier molecular flexibility index (Phi) is 6.88. The van der Waals surface area contributed by atoms with Gasteiger partial charge >= 0.3 is 6.03 Å². The Bertz CT molecular complexity index is 726. The maximum Gasteiger partial charge on any atom is 0.319 e. The van der Waals surface area contributed by atoms with E-state index in [1.54, 1.807) is 36.0 Å². The first kappa shape index (κ1) is 20.5. The van der Waals surface area contributed by atoms with E-state index in [0.717, 1.165) is 24.8 Å². The van der Waals surface area contributed by atoms with Crippen molar-refractivity contribution >= 4 is 16.1 Å². The predicted octanol–water partition coefficient (Wildman–Crippen LogP) is 1.93. The van der Waals surface area contributed by atoms with Crippen molar-refractivity contribution in [1.82, 2.24) is 14.5 Å². The summed E-state index contributed by atoms with van der Waals surface area (Å²) >= 11 is 0. The van der Waals surface area contributed by atoms with Crippen LogP contribution in [-0.4, -0.2) is 65.1 Å². The van der Waals surface area contributed by atoms with Gasteiger partial charge in [-0.2, -0.15) is 0 Å². The molecule has 1 N–H and O–H groups in total. The van der Waals surface area contributed by atoms with E-state index in [1.165, 1.54) is 7.11 Å². The van der Waals surface area contributed by atoms with E-state index in [9.17, 15) is 13.2 Å². The molecule has 0 spiro atoms. The van der Waals surface area contributed by atoms with Crippen molar-refractivity contribution in [2.45, 2.75) is 31.1 Å². The lowest BCUT2D eigenvalue weighted by molar-refractivity contribution is 0.148. The average molecular weight is 384 g/mol. The van der Waals surface area contributed by atoms with Gasteiger partial charge in [0.05, 0.1) is 7.11 Å². The molecule has 1 aromatic rings. The largest absolute Gasteiger partial charge is 0.495 e. The standard InChI is InChI=1S/C18H29N3O4S/c1-5-14-6-7-16(25-4)17(12-14)26(23,24)19-13-15-8-10-21(11-9-15)18(22)20(2)3/h6-7,12,15,19H,5,8-11,13H2,1-4H3. The summed E-state index contributed by atoms with van der Waals surface area (Å²) in [4.78, 5) is 15.5. The SMILES string of the molecule is CCc1ccc(OC)c(S(=O)(=O)NCC2CCN(C(=O)N(C)C)CC2)c1. The van der Waals surface area contributed by atoms with Gasteiger partial charge in [0.1, 0.15) is 10.6 Å². The molecule has 0 aromatic heterocycles. The van der Waals surface area contributed by atoms with Gasteiger partial charge in [-0.15, -0.1) is 0 Å². The molecule has 1 aliphatic heterocycles. The van der Waals surface area contributed by atoms with Crippen LogP contribution in [0.25, 0.3) is 0 Å². The smallest absolute Gasteiger partial charge is 0.319 e. The van der Waals surface area contributed by atoms with Gasteiger partial charge in [0.25, 0.3) is 0 Å². The van der Waals surface area contributed by atoms with Crippen molar-refractivity contribution in [2.24, 2.45) is 5.92 Å². The van der Waals surface area contributed by atoms with E-state index in [-0.39, 0.29) is 16.8 Å². The van der Waals surface area contributed by atoms with Crippen molar-refractivity contribution in [3.8, 4) is 5.75 Å². The molecule has 1 heterocycles. The first-order chi connectivity index (χ1) is 12.3. The molecule has 2 amide bonds. The zero-order valence-electron chi connectivity index (χ0n) is 16.0. The molecule has 0 unspecified atom stereocenters. The highest BCUT2D eigenvalue weighted by molar-refractivity contribution is 7.89. The number of amides is 2. The third-order valence-electron chi connectivity index (χ3n) is 4.76. The summed E-state index contributed by atoms with van der Waals surface area (Å²) in [6.07, 6.45) is 2.33. The Morgan fingerprint density at radius 3 is 2.50 bits per heavy atom. The number of urea groups is 1. The van der Waals surface area contributed by atoms with Gasteiger partial charge in [-0.05, 0) is 42.9 Å². The number of ether oxygens (including phenoxy) is 1. The molecular formula is C18H29N3O4S. The maximum absolute atomic E-state index is 12.7. The molecule has 146 valence electrons. The monoisotopic (exact) mass is 383 g/mol. The normalized spacial score (nSPS) is 15.8. The molecular weight excluding hydrogens is 354 g/mol. The number of sulfonamides is 1. The number of likely N-dealkylation sites (tertiary alicyclic amines) is 1. The number of carbonyl (C=O) groups is 1. The summed E-state index contributed by atoms with van der Waals surface area (Å²) in [5.74, 6) is 0.567. The fourth-order valence-electron chi connectivity index (χ4n) is 3.07. The number of carbonyl (C=O) groups excluding carboxylic acids is 1. The maximum atomic E-state index is 12.7. The number of hydrogen-bond donors (Lipinski definition) is 1. The van der Waals surface area contributed by atoms with Crippen LogP contribution in [0, 0.1) is 5.92 Å². The first-order valence-corrected chi connectivity index (χ1v) is 10.4. The Hall–Kier alpha value is -1.80. The molecule has 0 saturated carbocycles. The summed E-state index contributed by atoms with van der Waals surface area (Å²) in [5.41, 5.74) is 0.946. The van der Waals surface area contributed by atoms with Gasteiger partial charge in [-0.3, -0.25) is 0 Å². The van der Waals surface area contributed by atoms with E-state index >= 15 is 0 Å².